The van der Waals surface area contributed by atoms with Gasteiger partial charge in [0, 0.05) is 12.3 Å². The Morgan fingerprint density at radius 3 is 2.39 bits per heavy atom. The maximum Gasteiger partial charge on any atom is 0.256 e. The Morgan fingerprint density at radius 1 is 1.22 bits per heavy atom. The Labute approximate surface area is 140 Å². The van der Waals surface area contributed by atoms with Crippen LogP contribution in [0.15, 0.2) is 24.3 Å². The second-order valence-corrected chi connectivity index (χ2v) is 6.45. The zero-order valence-electron chi connectivity index (χ0n) is 15.1. The number of benzene rings is 1. The van der Waals surface area contributed by atoms with Crippen molar-refractivity contribution in [1.29, 1.82) is 0 Å². The standard InChI is InChI=1S/C19H31NO3/c1-6-8-13-19(5,23-7-2)18(21)20-16-9-11-17(12-10-16)22-14-15(3)4/h9-12,15H,6-8,13-14H2,1-5H3,(H,20,21)/t19-/m1/s1. The van der Waals surface area contributed by atoms with E-state index in [1.54, 1.807) is 0 Å². The van der Waals surface area contributed by atoms with Gasteiger partial charge in [-0.1, -0.05) is 33.6 Å². The second kappa shape index (κ2) is 9.56. The number of nitrogens with one attached hydrogen (secondary N) is 1. The third-order valence-corrected chi connectivity index (χ3v) is 3.65. The van der Waals surface area contributed by atoms with E-state index in [-0.39, 0.29) is 5.91 Å². The molecule has 1 atom stereocenters. The van der Waals surface area contributed by atoms with E-state index >= 15 is 0 Å². The third kappa shape index (κ3) is 6.61. The Bertz CT molecular complexity index is 470. The summed E-state index contributed by atoms with van der Waals surface area (Å²) in [5.41, 5.74) is -0.0216. The molecule has 0 saturated carbocycles. The molecule has 0 radical (unpaired) electrons. The second-order valence-electron chi connectivity index (χ2n) is 6.45. The summed E-state index contributed by atoms with van der Waals surface area (Å²) >= 11 is 0. The van der Waals surface area contributed by atoms with Gasteiger partial charge in [0.05, 0.1) is 6.61 Å². The molecule has 0 unspecified atom stereocenters. The highest BCUT2D eigenvalue weighted by atomic mass is 16.5. The van der Waals surface area contributed by atoms with Gasteiger partial charge in [-0.05, 0) is 50.5 Å². The lowest BCUT2D eigenvalue weighted by atomic mass is 9.97. The predicted octanol–water partition coefficient (Wildman–Crippen LogP) is 4.65. The van der Waals surface area contributed by atoms with Gasteiger partial charge >= 0.3 is 0 Å². The van der Waals surface area contributed by atoms with E-state index in [1.807, 2.05) is 38.1 Å². The molecule has 1 N–H and O–H groups in total. The number of hydrogen-bond acceptors (Lipinski definition) is 3. The summed E-state index contributed by atoms with van der Waals surface area (Å²) in [4.78, 5) is 12.6. The summed E-state index contributed by atoms with van der Waals surface area (Å²) in [7, 11) is 0. The zero-order chi connectivity index (χ0) is 17.3. The van der Waals surface area contributed by atoms with E-state index in [1.165, 1.54) is 0 Å². The highest BCUT2D eigenvalue weighted by molar-refractivity contribution is 5.97. The largest absolute Gasteiger partial charge is 0.493 e. The van der Waals surface area contributed by atoms with Crippen molar-refractivity contribution < 1.29 is 14.3 Å². The molecular weight excluding hydrogens is 290 g/mol. The fourth-order valence-corrected chi connectivity index (χ4v) is 2.24. The molecule has 0 aromatic heterocycles. The molecular formula is C19H31NO3. The number of carbonyl (C=O) groups excluding carboxylic acids is 1. The van der Waals surface area contributed by atoms with E-state index in [4.69, 9.17) is 9.47 Å². The molecule has 1 amide bonds. The maximum absolute atomic E-state index is 12.6. The van der Waals surface area contributed by atoms with Crippen molar-refractivity contribution in [1.82, 2.24) is 0 Å². The molecule has 0 spiro atoms. The van der Waals surface area contributed by atoms with Crippen LogP contribution in [0.25, 0.3) is 0 Å². The maximum atomic E-state index is 12.6. The van der Waals surface area contributed by atoms with Crippen molar-refractivity contribution >= 4 is 11.6 Å². The van der Waals surface area contributed by atoms with Gasteiger partial charge in [0.2, 0.25) is 0 Å². The average molecular weight is 321 g/mol. The SMILES string of the molecule is CCCC[C@@](C)(OCC)C(=O)Nc1ccc(OCC(C)C)cc1. The number of rotatable bonds is 10. The summed E-state index contributed by atoms with van der Waals surface area (Å²) in [5.74, 6) is 1.21. The molecule has 0 aliphatic carbocycles. The number of anilines is 1. The summed E-state index contributed by atoms with van der Waals surface area (Å²) in [5, 5.41) is 2.95. The van der Waals surface area contributed by atoms with E-state index in [9.17, 15) is 4.79 Å². The van der Waals surface area contributed by atoms with Gasteiger partial charge < -0.3 is 14.8 Å². The summed E-state index contributed by atoms with van der Waals surface area (Å²) in [6.07, 6.45) is 2.72. The highest BCUT2D eigenvalue weighted by Gasteiger charge is 2.33. The highest BCUT2D eigenvalue weighted by Crippen LogP contribution is 2.23. The zero-order valence-corrected chi connectivity index (χ0v) is 15.1. The first-order chi connectivity index (χ1) is 10.9. The molecule has 0 bridgehead atoms. The van der Waals surface area contributed by atoms with Crippen molar-refractivity contribution in [2.24, 2.45) is 5.92 Å². The van der Waals surface area contributed by atoms with Gasteiger partial charge in [0.25, 0.3) is 5.91 Å². The van der Waals surface area contributed by atoms with Crippen molar-refractivity contribution in [3.05, 3.63) is 24.3 Å². The fourth-order valence-electron chi connectivity index (χ4n) is 2.24. The smallest absolute Gasteiger partial charge is 0.256 e. The minimum absolute atomic E-state index is 0.0938. The van der Waals surface area contributed by atoms with Crippen LogP contribution in [0.5, 0.6) is 5.75 Å². The molecule has 0 aliphatic heterocycles. The van der Waals surface area contributed by atoms with Crippen molar-refractivity contribution in [3.63, 3.8) is 0 Å². The van der Waals surface area contributed by atoms with Gasteiger partial charge in [-0.15, -0.1) is 0 Å². The van der Waals surface area contributed by atoms with Crippen LogP contribution in [-0.2, 0) is 9.53 Å². The topological polar surface area (TPSA) is 47.6 Å². The molecule has 0 aliphatic rings. The number of unbranched alkanes of at least 4 members (excludes halogenated alkanes) is 1. The van der Waals surface area contributed by atoms with Crippen LogP contribution in [0.3, 0.4) is 0 Å². The molecule has 0 fully saturated rings. The number of amides is 1. The van der Waals surface area contributed by atoms with Crippen molar-refractivity contribution in [3.8, 4) is 5.75 Å². The summed E-state index contributed by atoms with van der Waals surface area (Å²) in [6, 6.07) is 7.48. The average Bonchev–Trinajstić information content (AvgIpc) is 2.52. The van der Waals surface area contributed by atoms with Crippen molar-refractivity contribution in [2.75, 3.05) is 18.5 Å². The van der Waals surface area contributed by atoms with Crippen molar-refractivity contribution in [2.45, 2.75) is 59.5 Å². The molecule has 130 valence electrons. The first kappa shape index (κ1) is 19.5. The monoisotopic (exact) mass is 321 g/mol. The first-order valence-corrected chi connectivity index (χ1v) is 8.59. The predicted molar refractivity (Wildman–Crippen MR) is 95.0 cm³/mol. The summed E-state index contributed by atoms with van der Waals surface area (Å²) in [6.45, 7) is 11.3. The van der Waals surface area contributed by atoms with Crippen LogP contribution >= 0.6 is 0 Å². The molecule has 1 aromatic carbocycles. The van der Waals surface area contributed by atoms with Gasteiger partial charge in [-0.2, -0.15) is 0 Å². The van der Waals surface area contributed by atoms with Gasteiger partial charge in [0.15, 0.2) is 0 Å². The Kier molecular flexibility index (Phi) is 8.10. The van der Waals surface area contributed by atoms with E-state index in [2.05, 4.69) is 26.1 Å². The van der Waals surface area contributed by atoms with Gasteiger partial charge in [0.1, 0.15) is 11.4 Å². The lowest BCUT2D eigenvalue weighted by Gasteiger charge is -2.28. The molecule has 1 rings (SSSR count). The minimum Gasteiger partial charge on any atom is -0.493 e. The van der Waals surface area contributed by atoms with Gasteiger partial charge in [-0.3, -0.25) is 4.79 Å². The molecule has 4 heteroatoms. The molecule has 23 heavy (non-hydrogen) atoms. The molecule has 1 aromatic rings. The number of ether oxygens (including phenoxy) is 2. The van der Waals surface area contributed by atoms with Crippen LogP contribution in [0.2, 0.25) is 0 Å². The van der Waals surface area contributed by atoms with Crippen LogP contribution in [-0.4, -0.2) is 24.7 Å². The molecule has 0 heterocycles. The number of hydrogen-bond donors (Lipinski definition) is 1. The summed E-state index contributed by atoms with van der Waals surface area (Å²) < 4.78 is 11.4. The van der Waals surface area contributed by atoms with Gasteiger partial charge in [-0.25, -0.2) is 0 Å². The molecule has 4 nitrogen and oxygen atoms in total. The normalized spacial score (nSPS) is 13.7. The minimum atomic E-state index is -0.780. The quantitative estimate of drug-likeness (QED) is 0.682. The van der Waals surface area contributed by atoms with E-state index in [0.717, 1.165) is 30.7 Å². The lowest BCUT2D eigenvalue weighted by molar-refractivity contribution is -0.139. The first-order valence-electron chi connectivity index (χ1n) is 8.59. The Morgan fingerprint density at radius 2 is 1.87 bits per heavy atom. The Balaban J connectivity index is 2.67. The number of carbonyl (C=O) groups is 1. The molecule has 0 saturated heterocycles. The van der Waals surface area contributed by atoms with Crippen LogP contribution in [0, 0.1) is 5.92 Å². The van der Waals surface area contributed by atoms with Crippen LogP contribution in [0.4, 0.5) is 5.69 Å². The fraction of sp³-hybridized carbons (Fsp3) is 0.632. The third-order valence-electron chi connectivity index (χ3n) is 3.65. The van der Waals surface area contributed by atoms with E-state index in [0.29, 0.717) is 19.1 Å². The Hall–Kier alpha value is -1.55. The van der Waals surface area contributed by atoms with E-state index < -0.39 is 5.60 Å². The van der Waals surface area contributed by atoms with Crippen LogP contribution < -0.4 is 10.1 Å². The van der Waals surface area contributed by atoms with Crippen LogP contribution in [0.1, 0.15) is 53.9 Å². The lowest BCUT2D eigenvalue weighted by Crippen LogP contribution is -2.42.